The highest BCUT2D eigenvalue weighted by Gasteiger charge is 2.44. The van der Waals surface area contributed by atoms with Crippen LogP contribution in [0.4, 0.5) is 0 Å². The summed E-state index contributed by atoms with van der Waals surface area (Å²) in [5.41, 5.74) is 2.54. The molecule has 2 aliphatic rings. The van der Waals surface area contributed by atoms with Crippen molar-refractivity contribution in [2.45, 2.75) is 45.3 Å². The predicted molar refractivity (Wildman–Crippen MR) is 96.0 cm³/mol. The number of fused-ring (bicyclic) bond motifs is 1. The smallest absolute Gasteiger partial charge is 0.334 e. The molecule has 2 N–H and O–H groups in total. The number of hydrogen-bond donors (Lipinski definition) is 2. The van der Waals surface area contributed by atoms with Gasteiger partial charge in [0.05, 0.1) is 19.1 Å². The summed E-state index contributed by atoms with van der Waals surface area (Å²) in [6, 6.07) is 0. The van der Waals surface area contributed by atoms with Crippen LogP contribution in [0.2, 0.25) is 0 Å². The summed E-state index contributed by atoms with van der Waals surface area (Å²) in [4.78, 5) is 24.3. The molecule has 1 fully saturated rings. The first kappa shape index (κ1) is 20.1. The second-order valence-electron chi connectivity index (χ2n) is 6.82. The SMILES string of the molecule is C=C1C(=O)OC2C=C(CO)CCC=C(C)CC(OC(=O)C=C(C)CO)C12. The minimum Gasteiger partial charge on any atom is -0.458 e. The molecule has 6 nitrogen and oxygen atoms in total. The number of esters is 2. The van der Waals surface area contributed by atoms with E-state index >= 15 is 0 Å². The van der Waals surface area contributed by atoms with Crippen molar-refractivity contribution in [3.8, 4) is 0 Å². The molecule has 3 unspecified atom stereocenters. The summed E-state index contributed by atoms with van der Waals surface area (Å²) >= 11 is 0. The molecule has 1 heterocycles. The van der Waals surface area contributed by atoms with Gasteiger partial charge in [-0.3, -0.25) is 0 Å². The number of hydrogen-bond acceptors (Lipinski definition) is 6. The van der Waals surface area contributed by atoms with Crippen LogP contribution in [-0.2, 0) is 19.1 Å². The number of carbonyl (C=O) groups excluding carboxylic acids is 2. The van der Waals surface area contributed by atoms with Gasteiger partial charge in [-0.15, -0.1) is 0 Å². The molecule has 1 saturated heterocycles. The minimum atomic E-state index is -0.625. The van der Waals surface area contributed by atoms with E-state index in [9.17, 15) is 14.7 Å². The number of allylic oxidation sites excluding steroid dienone is 1. The lowest BCUT2D eigenvalue weighted by Crippen LogP contribution is -2.33. The molecule has 26 heavy (non-hydrogen) atoms. The Hall–Kier alpha value is -2.18. The first-order chi connectivity index (χ1) is 12.3. The van der Waals surface area contributed by atoms with Gasteiger partial charge in [-0.05, 0) is 43.9 Å². The molecule has 1 aliphatic heterocycles. The average Bonchev–Trinajstić information content (AvgIpc) is 2.86. The molecule has 1 aliphatic carbocycles. The predicted octanol–water partition coefficient (Wildman–Crippen LogP) is 1.98. The second kappa shape index (κ2) is 8.96. The van der Waals surface area contributed by atoms with Crippen LogP contribution in [0.25, 0.3) is 0 Å². The largest absolute Gasteiger partial charge is 0.458 e. The standard InChI is InChI=1S/C20H26O6/c1-12-5-4-6-15(11-22)9-17-19(14(3)20(24)26-17)16(7-12)25-18(23)8-13(2)10-21/h5,8-9,16-17,19,21-22H,3-4,6-7,10-11H2,1-2H3. The van der Waals surface area contributed by atoms with E-state index in [0.29, 0.717) is 18.4 Å². The third kappa shape index (κ3) is 4.93. The van der Waals surface area contributed by atoms with Crippen molar-refractivity contribution in [3.05, 3.63) is 47.1 Å². The summed E-state index contributed by atoms with van der Waals surface area (Å²) in [6.07, 6.45) is 5.64. The van der Waals surface area contributed by atoms with E-state index in [0.717, 1.165) is 17.6 Å². The molecular weight excluding hydrogens is 336 g/mol. The Kier molecular flexibility index (Phi) is 6.94. The average molecular weight is 362 g/mol. The molecule has 0 spiro atoms. The Labute approximate surface area is 153 Å². The zero-order valence-corrected chi connectivity index (χ0v) is 15.2. The molecule has 0 bridgehead atoms. The number of rotatable bonds is 4. The fraction of sp³-hybridized carbons (Fsp3) is 0.500. The van der Waals surface area contributed by atoms with Crippen LogP contribution in [0.1, 0.15) is 33.1 Å². The Balaban J connectivity index is 2.36. The molecule has 142 valence electrons. The first-order valence-corrected chi connectivity index (χ1v) is 8.70. The van der Waals surface area contributed by atoms with Gasteiger partial charge in [0.2, 0.25) is 0 Å². The van der Waals surface area contributed by atoms with Crippen molar-refractivity contribution in [3.63, 3.8) is 0 Å². The van der Waals surface area contributed by atoms with Gasteiger partial charge < -0.3 is 19.7 Å². The molecule has 0 aromatic heterocycles. The van der Waals surface area contributed by atoms with E-state index in [1.165, 1.54) is 6.08 Å². The molecule has 0 saturated carbocycles. The summed E-state index contributed by atoms with van der Waals surface area (Å²) in [5.74, 6) is -1.61. The number of aliphatic hydroxyl groups excluding tert-OH is 2. The van der Waals surface area contributed by atoms with Gasteiger partial charge in [-0.2, -0.15) is 0 Å². The van der Waals surface area contributed by atoms with Crippen molar-refractivity contribution in [1.29, 1.82) is 0 Å². The molecule has 0 aromatic carbocycles. The fourth-order valence-electron chi connectivity index (χ4n) is 3.20. The van der Waals surface area contributed by atoms with E-state index in [4.69, 9.17) is 14.6 Å². The maximum Gasteiger partial charge on any atom is 0.334 e. The Morgan fingerprint density at radius 2 is 2.19 bits per heavy atom. The number of carbonyl (C=O) groups is 2. The van der Waals surface area contributed by atoms with Crippen LogP contribution in [0.15, 0.2) is 47.1 Å². The van der Waals surface area contributed by atoms with Crippen LogP contribution in [0, 0.1) is 5.92 Å². The van der Waals surface area contributed by atoms with Crippen LogP contribution in [0.3, 0.4) is 0 Å². The van der Waals surface area contributed by atoms with Gasteiger partial charge in [0.15, 0.2) is 0 Å². The van der Waals surface area contributed by atoms with E-state index < -0.39 is 30.1 Å². The second-order valence-corrected chi connectivity index (χ2v) is 6.82. The monoisotopic (exact) mass is 362 g/mol. The van der Waals surface area contributed by atoms with Crippen LogP contribution in [0.5, 0.6) is 0 Å². The number of aliphatic hydroxyl groups is 2. The van der Waals surface area contributed by atoms with Gasteiger partial charge >= 0.3 is 11.9 Å². The van der Waals surface area contributed by atoms with E-state index in [1.807, 2.05) is 13.0 Å². The van der Waals surface area contributed by atoms with Crippen molar-refractivity contribution in [2.24, 2.45) is 5.92 Å². The third-order valence-corrected chi connectivity index (χ3v) is 4.63. The van der Waals surface area contributed by atoms with Crippen LogP contribution >= 0.6 is 0 Å². The molecule has 0 aromatic rings. The quantitative estimate of drug-likeness (QED) is 0.451. The van der Waals surface area contributed by atoms with E-state index in [1.54, 1.807) is 13.0 Å². The molecular formula is C20H26O6. The van der Waals surface area contributed by atoms with Gasteiger partial charge in [-0.25, -0.2) is 9.59 Å². The van der Waals surface area contributed by atoms with Crippen molar-refractivity contribution >= 4 is 11.9 Å². The maximum atomic E-state index is 12.2. The summed E-state index contributed by atoms with van der Waals surface area (Å²) in [7, 11) is 0. The van der Waals surface area contributed by atoms with E-state index in [2.05, 4.69) is 6.58 Å². The highest BCUT2D eigenvalue weighted by molar-refractivity contribution is 5.91. The van der Waals surface area contributed by atoms with Gasteiger partial charge in [0.1, 0.15) is 12.2 Å². The van der Waals surface area contributed by atoms with Gasteiger partial charge in [0.25, 0.3) is 0 Å². The van der Waals surface area contributed by atoms with Crippen LogP contribution < -0.4 is 0 Å². The Bertz CT molecular complexity index is 670. The first-order valence-electron chi connectivity index (χ1n) is 8.70. The molecule has 0 radical (unpaired) electrons. The van der Waals surface area contributed by atoms with Gasteiger partial charge in [0, 0.05) is 18.1 Å². The van der Waals surface area contributed by atoms with Gasteiger partial charge in [-0.1, -0.05) is 18.2 Å². The Morgan fingerprint density at radius 3 is 2.85 bits per heavy atom. The summed E-state index contributed by atoms with van der Waals surface area (Å²) in [5, 5.41) is 18.6. The molecule has 0 amide bonds. The molecule has 2 rings (SSSR count). The zero-order valence-electron chi connectivity index (χ0n) is 15.2. The van der Waals surface area contributed by atoms with Crippen molar-refractivity contribution < 1.29 is 29.3 Å². The lowest BCUT2D eigenvalue weighted by Gasteiger charge is -2.27. The summed E-state index contributed by atoms with van der Waals surface area (Å²) in [6.45, 7) is 7.03. The third-order valence-electron chi connectivity index (χ3n) is 4.63. The normalized spacial score (nSPS) is 27.2. The lowest BCUT2D eigenvalue weighted by atomic mass is 9.85. The fourth-order valence-corrected chi connectivity index (χ4v) is 3.20. The van der Waals surface area contributed by atoms with Crippen LogP contribution in [-0.4, -0.2) is 47.6 Å². The zero-order chi connectivity index (χ0) is 19.3. The summed E-state index contributed by atoms with van der Waals surface area (Å²) < 4.78 is 11.0. The highest BCUT2D eigenvalue weighted by atomic mass is 16.6. The van der Waals surface area contributed by atoms with Crippen molar-refractivity contribution in [1.82, 2.24) is 0 Å². The van der Waals surface area contributed by atoms with Crippen molar-refractivity contribution in [2.75, 3.05) is 13.2 Å². The Morgan fingerprint density at radius 1 is 1.46 bits per heavy atom. The highest BCUT2D eigenvalue weighted by Crippen LogP contribution is 2.36. The maximum absolute atomic E-state index is 12.2. The minimum absolute atomic E-state index is 0.122. The van der Waals surface area contributed by atoms with E-state index in [-0.39, 0.29) is 18.8 Å². The molecule has 3 atom stereocenters. The number of ether oxygens (including phenoxy) is 2. The molecule has 6 heteroatoms. The topological polar surface area (TPSA) is 93.1 Å². The lowest BCUT2D eigenvalue weighted by molar-refractivity contribution is -0.146.